The molecule has 1 rings (SSSR count). The summed E-state index contributed by atoms with van der Waals surface area (Å²) >= 11 is 0. The average Bonchev–Trinajstić information content (AvgIpc) is 2.42. The molecule has 0 saturated carbocycles. The highest BCUT2D eigenvalue weighted by Crippen LogP contribution is 2.14. The molecule has 4 nitrogen and oxygen atoms in total. The summed E-state index contributed by atoms with van der Waals surface area (Å²) in [6, 6.07) is 7.19. The second-order valence-corrected chi connectivity index (χ2v) is 5.28. The number of aliphatic hydroxyl groups excluding tert-OH is 1. The van der Waals surface area contributed by atoms with Crippen LogP contribution < -0.4 is 10.1 Å². The minimum atomic E-state index is -0.340. The van der Waals surface area contributed by atoms with Crippen molar-refractivity contribution in [2.45, 2.75) is 39.7 Å². The zero-order chi connectivity index (χ0) is 15.0. The lowest BCUT2D eigenvalue weighted by molar-refractivity contribution is 0.0939. The van der Waals surface area contributed by atoms with E-state index in [1.165, 1.54) is 0 Å². The van der Waals surface area contributed by atoms with Crippen molar-refractivity contribution < 1.29 is 14.6 Å². The first-order valence-electron chi connectivity index (χ1n) is 7.22. The molecule has 1 amide bonds. The fourth-order valence-corrected chi connectivity index (χ4v) is 1.98. The van der Waals surface area contributed by atoms with Gasteiger partial charge in [-0.15, -0.1) is 0 Å². The molecule has 0 spiro atoms. The average molecular weight is 279 g/mol. The highest BCUT2D eigenvalue weighted by atomic mass is 16.5. The van der Waals surface area contributed by atoms with Crippen molar-refractivity contribution in [3.63, 3.8) is 0 Å². The largest absolute Gasteiger partial charge is 0.494 e. The van der Waals surface area contributed by atoms with Crippen molar-refractivity contribution in [3.8, 4) is 5.75 Å². The van der Waals surface area contributed by atoms with Gasteiger partial charge >= 0.3 is 0 Å². The lowest BCUT2D eigenvalue weighted by atomic mass is 10.0. The van der Waals surface area contributed by atoms with Crippen molar-refractivity contribution in [1.29, 1.82) is 0 Å². The Balaban J connectivity index is 2.50. The van der Waals surface area contributed by atoms with Gasteiger partial charge in [0.1, 0.15) is 5.75 Å². The summed E-state index contributed by atoms with van der Waals surface area (Å²) in [5.41, 5.74) is 0.600. The summed E-state index contributed by atoms with van der Waals surface area (Å²) < 4.78 is 5.51. The van der Waals surface area contributed by atoms with Gasteiger partial charge < -0.3 is 15.2 Å². The lowest BCUT2D eigenvalue weighted by Gasteiger charge is -2.14. The Morgan fingerprint density at radius 2 is 2.15 bits per heavy atom. The predicted octanol–water partition coefficient (Wildman–Crippen LogP) is 2.61. The van der Waals surface area contributed by atoms with Crippen LogP contribution in [0.5, 0.6) is 5.75 Å². The molecule has 2 atom stereocenters. The van der Waals surface area contributed by atoms with Crippen LogP contribution in [0.15, 0.2) is 24.3 Å². The number of amides is 1. The van der Waals surface area contributed by atoms with Gasteiger partial charge in [-0.1, -0.05) is 19.9 Å². The molecule has 2 N–H and O–H groups in total. The number of hydrogen-bond acceptors (Lipinski definition) is 3. The van der Waals surface area contributed by atoms with E-state index in [1.807, 2.05) is 26.0 Å². The standard InChI is InChI=1S/C16H25NO3/c1-4-8-20-15-7-5-6-14(10-15)16(19)17-11-12(2)9-13(3)18/h5-7,10,12-13,18H,4,8-9,11H2,1-3H3,(H,17,19). The maximum absolute atomic E-state index is 12.0. The highest BCUT2D eigenvalue weighted by Gasteiger charge is 2.10. The molecule has 0 radical (unpaired) electrons. The van der Waals surface area contributed by atoms with E-state index >= 15 is 0 Å². The van der Waals surface area contributed by atoms with Gasteiger partial charge in [0.15, 0.2) is 0 Å². The number of aliphatic hydroxyl groups is 1. The second-order valence-electron chi connectivity index (χ2n) is 5.28. The Morgan fingerprint density at radius 3 is 2.80 bits per heavy atom. The second kappa shape index (κ2) is 8.59. The number of benzene rings is 1. The molecule has 0 bridgehead atoms. The van der Waals surface area contributed by atoms with Crippen LogP contribution in [-0.4, -0.2) is 30.3 Å². The lowest BCUT2D eigenvalue weighted by Crippen LogP contribution is -2.29. The van der Waals surface area contributed by atoms with Gasteiger partial charge in [-0.3, -0.25) is 4.79 Å². The van der Waals surface area contributed by atoms with Crippen LogP contribution in [0.2, 0.25) is 0 Å². The van der Waals surface area contributed by atoms with E-state index < -0.39 is 0 Å². The van der Waals surface area contributed by atoms with E-state index in [4.69, 9.17) is 4.74 Å². The van der Waals surface area contributed by atoms with E-state index in [0.29, 0.717) is 25.1 Å². The van der Waals surface area contributed by atoms with Gasteiger partial charge in [0.05, 0.1) is 12.7 Å². The zero-order valence-electron chi connectivity index (χ0n) is 12.6. The van der Waals surface area contributed by atoms with E-state index in [-0.39, 0.29) is 17.9 Å². The third kappa shape index (κ3) is 6.06. The number of carbonyl (C=O) groups excluding carboxylic acids is 1. The van der Waals surface area contributed by atoms with Crippen LogP contribution in [-0.2, 0) is 0 Å². The van der Waals surface area contributed by atoms with Crippen molar-refractivity contribution in [2.75, 3.05) is 13.2 Å². The molecule has 0 aliphatic carbocycles. The maximum Gasteiger partial charge on any atom is 0.251 e. The van der Waals surface area contributed by atoms with Crippen LogP contribution in [0.1, 0.15) is 44.0 Å². The molecule has 4 heteroatoms. The minimum absolute atomic E-state index is 0.107. The van der Waals surface area contributed by atoms with Gasteiger partial charge in [-0.25, -0.2) is 0 Å². The molecule has 0 saturated heterocycles. The zero-order valence-corrected chi connectivity index (χ0v) is 12.6. The molecular weight excluding hydrogens is 254 g/mol. The van der Waals surface area contributed by atoms with Crippen LogP contribution in [0.3, 0.4) is 0 Å². The van der Waals surface area contributed by atoms with Gasteiger partial charge in [0.2, 0.25) is 0 Å². The summed E-state index contributed by atoms with van der Waals surface area (Å²) in [7, 11) is 0. The van der Waals surface area contributed by atoms with Gasteiger partial charge in [0, 0.05) is 12.1 Å². The summed E-state index contributed by atoms with van der Waals surface area (Å²) in [6.07, 6.45) is 1.28. The van der Waals surface area contributed by atoms with Gasteiger partial charge in [0.25, 0.3) is 5.91 Å². The Kier molecular flexibility index (Phi) is 7.09. The van der Waals surface area contributed by atoms with Crippen LogP contribution in [0, 0.1) is 5.92 Å². The summed E-state index contributed by atoms with van der Waals surface area (Å²) in [4.78, 5) is 12.0. The number of nitrogens with one attached hydrogen (secondary N) is 1. The van der Waals surface area contributed by atoms with E-state index in [2.05, 4.69) is 5.32 Å². The normalized spacial score (nSPS) is 13.6. The first kappa shape index (κ1) is 16.5. The van der Waals surface area contributed by atoms with Crippen molar-refractivity contribution >= 4 is 5.91 Å². The number of rotatable bonds is 8. The van der Waals surface area contributed by atoms with E-state index in [0.717, 1.165) is 12.2 Å². The summed E-state index contributed by atoms with van der Waals surface area (Å²) in [5, 5.41) is 12.2. The summed E-state index contributed by atoms with van der Waals surface area (Å²) in [6.45, 7) is 7.01. The van der Waals surface area contributed by atoms with Crippen molar-refractivity contribution in [1.82, 2.24) is 5.32 Å². The Bertz CT molecular complexity index is 418. The molecule has 0 heterocycles. The first-order valence-corrected chi connectivity index (χ1v) is 7.22. The fraction of sp³-hybridized carbons (Fsp3) is 0.562. The molecule has 2 unspecified atom stereocenters. The topological polar surface area (TPSA) is 58.6 Å². The van der Waals surface area contributed by atoms with Crippen LogP contribution in [0.4, 0.5) is 0 Å². The first-order chi connectivity index (χ1) is 9.52. The third-order valence-electron chi connectivity index (χ3n) is 2.92. The number of carbonyl (C=O) groups is 1. The van der Waals surface area contributed by atoms with E-state index in [9.17, 15) is 9.90 Å². The van der Waals surface area contributed by atoms with Crippen molar-refractivity contribution in [2.24, 2.45) is 5.92 Å². The third-order valence-corrected chi connectivity index (χ3v) is 2.92. The van der Waals surface area contributed by atoms with E-state index in [1.54, 1.807) is 19.1 Å². The molecule has 0 aromatic heterocycles. The quantitative estimate of drug-likeness (QED) is 0.769. The van der Waals surface area contributed by atoms with Gasteiger partial charge in [-0.2, -0.15) is 0 Å². The Hall–Kier alpha value is -1.55. The highest BCUT2D eigenvalue weighted by molar-refractivity contribution is 5.94. The SMILES string of the molecule is CCCOc1cccc(C(=O)NCC(C)CC(C)O)c1. The summed E-state index contributed by atoms with van der Waals surface area (Å²) in [5.74, 6) is 0.861. The molecule has 0 fully saturated rings. The number of hydrogen-bond donors (Lipinski definition) is 2. The molecule has 1 aromatic rings. The molecule has 20 heavy (non-hydrogen) atoms. The van der Waals surface area contributed by atoms with Crippen molar-refractivity contribution in [3.05, 3.63) is 29.8 Å². The molecule has 0 aliphatic rings. The number of ether oxygens (including phenoxy) is 1. The molecular formula is C16H25NO3. The Labute approximate surface area is 121 Å². The molecule has 0 aliphatic heterocycles. The Morgan fingerprint density at radius 1 is 1.40 bits per heavy atom. The minimum Gasteiger partial charge on any atom is -0.494 e. The van der Waals surface area contributed by atoms with Crippen LogP contribution >= 0.6 is 0 Å². The monoisotopic (exact) mass is 279 g/mol. The maximum atomic E-state index is 12.0. The van der Waals surface area contributed by atoms with Gasteiger partial charge in [-0.05, 0) is 43.9 Å². The fourth-order valence-electron chi connectivity index (χ4n) is 1.98. The molecule has 1 aromatic carbocycles. The smallest absolute Gasteiger partial charge is 0.251 e. The molecule has 112 valence electrons. The predicted molar refractivity (Wildman–Crippen MR) is 80.0 cm³/mol. The van der Waals surface area contributed by atoms with Crippen LogP contribution in [0.25, 0.3) is 0 Å².